The van der Waals surface area contributed by atoms with Crippen molar-refractivity contribution in [2.75, 3.05) is 20.2 Å². The molecule has 1 rings (SSSR count). The molecule has 0 radical (unpaired) electrons. The first-order valence-corrected chi connectivity index (χ1v) is 5.17. The number of carbonyl (C=O) groups excluding carboxylic acids is 1. The Morgan fingerprint density at radius 2 is 2.21 bits per heavy atom. The molecule has 82 valence electrons. The van der Waals surface area contributed by atoms with Crippen LogP contribution in [0.5, 0.6) is 0 Å². The zero-order valence-corrected chi connectivity index (χ0v) is 9.41. The van der Waals surface area contributed by atoms with E-state index in [0.29, 0.717) is 12.5 Å². The first-order valence-electron chi connectivity index (χ1n) is 5.17. The van der Waals surface area contributed by atoms with Crippen LogP contribution in [-0.4, -0.2) is 43.3 Å². The van der Waals surface area contributed by atoms with Gasteiger partial charge in [-0.25, -0.2) is 4.79 Å². The molecular formula is C10H20N2O2. The predicted octanol–water partition coefficient (Wildman–Crippen LogP) is 1.07. The molecule has 0 aliphatic carbocycles. The maximum absolute atomic E-state index is 11.5. The van der Waals surface area contributed by atoms with Gasteiger partial charge in [0.15, 0.2) is 0 Å². The molecule has 0 aromatic carbocycles. The second-order valence-corrected chi connectivity index (χ2v) is 4.20. The highest BCUT2D eigenvalue weighted by atomic mass is 16.6. The van der Waals surface area contributed by atoms with Gasteiger partial charge in [0.1, 0.15) is 6.61 Å². The summed E-state index contributed by atoms with van der Waals surface area (Å²) in [5.74, 6) is 0.445. The normalized spacial score (nSPS) is 24.2. The molecule has 4 heteroatoms. The highest BCUT2D eigenvalue weighted by molar-refractivity contribution is 5.70. The minimum absolute atomic E-state index is 0.175. The van der Waals surface area contributed by atoms with Crippen LogP contribution in [-0.2, 0) is 4.74 Å². The number of carbonyl (C=O) groups is 1. The van der Waals surface area contributed by atoms with Crippen LogP contribution >= 0.6 is 0 Å². The zero-order chi connectivity index (χ0) is 10.7. The molecule has 14 heavy (non-hydrogen) atoms. The summed E-state index contributed by atoms with van der Waals surface area (Å²) in [5, 5.41) is 3.07. The lowest BCUT2D eigenvalue weighted by Crippen LogP contribution is -2.46. The summed E-state index contributed by atoms with van der Waals surface area (Å²) in [6.45, 7) is 7.61. The second-order valence-electron chi connectivity index (χ2n) is 4.20. The Morgan fingerprint density at radius 1 is 1.57 bits per heavy atom. The molecule has 2 atom stereocenters. The third-order valence-electron chi connectivity index (χ3n) is 2.69. The van der Waals surface area contributed by atoms with Crippen molar-refractivity contribution < 1.29 is 9.53 Å². The lowest BCUT2D eigenvalue weighted by Gasteiger charge is -2.29. The van der Waals surface area contributed by atoms with Crippen LogP contribution in [0.4, 0.5) is 4.79 Å². The number of ether oxygens (including phenoxy) is 1. The van der Waals surface area contributed by atoms with Crippen LogP contribution in [0.2, 0.25) is 0 Å². The Bertz CT molecular complexity index is 206. The molecule has 0 aromatic heterocycles. The van der Waals surface area contributed by atoms with Gasteiger partial charge in [-0.05, 0) is 19.9 Å². The fourth-order valence-electron chi connectivity index (χ4n) is 1.86. The number of hydrogen-bond acceptors (Lipinski definition) is 3. The summed E-state index contributed by atoms with van der Waals surface area (Å²) in [7, 11) is 1.89. The van der Waals surface area contributed by atoms with Crippen molar-refractivity contribution in [2.24, 2.45) is 5.92 Å². The average molecular weight is 200 g/mol. The number of rotatable bonds is 4. The molecule has 4 nitrogen and oxygen atoms in total. The minimum Gasteiger partial charge on any atom is -0.447 e. The topological polar surface area (TPSA) is 41.6 Å². The van der Waals surface area contributed by atoms with Crippen LogP contribution in [0.1, 0.15) is 20.8 Å². The van der Waals surface area contributed by atoms with Gasteiger partial charge in [-0.2, -0.15) is 0 Å². The standard InChI is InChI=1S/C10H20N2O2/c1-7(2)9-6-14-10(13)12(9)8(3)5-11-4/h7-9,11H,5-6H2,1-4H3. The van der Waals surface area contributed by atoms with Gasteiger partial charge in [-0.1, -0.05) is 13.8 Å². The summed E-state index contributed by atoms with van der Waals surface area (Å²) >= 11 is 0. The van der Waals surface area contributed by atoms with Crippen LogP contribution in [0.3, 0.4) is 0 Å². The quantitative estimate of drug-likeness (QED) is 0.738. The molecule has 1 aliphatic heterocycles. The van der Waals surface area contributed by atoms with E-state index in [0.717, 1.165) is 6.54 Å². The number of hydrogen-bond donors (Lipinski definition) is 1. The lowest BCUT2D eigenvalue weighted by molar-refractivity contribution is 0.143. The summed E-state index contributed by atoms with van der Waals surface area (Å²) < 4.78 is 5.07. The molecule has 1 amide bonds. The number of nitrogens with zero attached hydrogens (tertiary/aromatic N) is 1. The number of cyclic esters (lactones) is 1. The largest absolute Gasteiger partial charge is 0.447 e. The van der Waals surface area contributed by atoms with E-state index in [2.05, 4.69) is 19.2 Å². The molecule has 1 heterocycles. The molecule has 0 saturated carbocycles. The van der Waals surface area contributed by atoms with Crippen molar-refractivity contribution in [1.82, 2.24) is 10.2 Å². The molecule has 1 aliphatic rings. The Kier molecular flexibility index (Phi) is 3.75. The van der Waals surface area contributed by atoms with Gasteiger partial charge in [0.05, 0.1) is 6.04 Å². The van der Waals surface area contributed by atoms with E-state index in [1.807, 2.05) is 18.9 Å². The summed E-state index contributed by atoms with van der Waals surface area (Å²) in [4.78, 5) is 13.3. The third kappa shape index (κ3) is 2.18. The highest BCUT2D eigenvalue weighted by Gasteiger charge is 2.37. The van der Waals surface area contributed by atoms with E-state index in [4.69, 9.17) is 4.74 Å². The highest BCUT2D eigenvalue weighted by Crippen LogP contribution is 2.21. The zero-order valence-electron chi connectivity index (χ0n) is 9.41. The van der Waals surface area contributed by atoms with E-state index in [1.54, 1.807) is 0 Å². The Balaban J connectivity index is 2.66. The van der Waals surface area contributed by atoms with Gasteiger partial charge in [-0.3, -0.25) is 4.90 Å². The Labute approximate surface area is 85.6 Å². The van der Waals surface area contributed by atoms with E-state index in [-0.39, 0.29) is 18.2 Å². The molecule has 1 fully saturated rings. The number of amides is 1. The van der Waals surface area contributed by atoms with Crippen LogP contribution in [0.25, 0.3) is 0 Å². The Morgan fingerprint density at radius 3 is 2.71 bits per heavy atom. The third-order valence-corrected chi connectivity index (χ3v) is 2.69. The van der Waals surface area contributed by atoms with Crippen molar-refractivity contribution in [3.63, 3.8) is 0 Å². The molecule has 0 spiro atoms. The monoisotopic (exact) mass is 200 g/mol. The van der Waals surface area contributed by atoms with Crippen molar-refractivity contribution >= 4 is 6.09 Å². The van der Waals surface area contributed by atoms with Gasteiger partial charge in [-0.15, -0.1) is 0 Å². The smallest absolute Gasteiger partial charge is 0.410 e. The van der Waals surface area contributed by atoms with Crippen molar-refractivity contribution in [3.8, 4) is 0 Å². The Hall–Kier alpha value is -0.770. The number of nitrogens with one attached hydrogen (secondary N) is 1. The van der Waals surface area contributed by atoms with Crippen LogP contribution in [0.15, 0.2) is 0 Å². The van der Waals surface area contributed by atoms with E-state index >= 15 is 0 Å². The first kappa shape index (κ1) is 11.3. The average Bonchev–Trinajstić information content (AvgIpc) is 2.47. The molecule has 1 saturated heterocycles. The molecule has 0 aromatic rings. The van der Waals surface area contributed by atoms with E-state index < -0.39 is 0 Å². The summed E-state index contributed by atoms with van der Waals surface area (Å²) in [6.07, 6.45) is -0.175. The van der Waals surface area contributed by atoms with E-state index in [1.165, 1.54) is 0 Å². The maximum Gasteiger partial charge on any atom is 0.410 e. The van der Waals surface area contributed by atoms with Crippen LogP contribution in [0, 0.1) is 5.92 Å². The molecule has 0 bridgehead atoms. The first-order chi connectivity index (χ1) is 6.57. The van der Waals surface area contributed by atoms with Crippen molar-refractivity contribution in [3.05, 3.63) is 0 Å². The summed E-state index contributed by atoms with van der Waals surface area (Å²) in [5.41, 5.74) is 0. The summed E-state index contributed by atoms with van der Waals surface area (Å²) in [6, 6.07) is 0.424. The van der Waals surface area contributed by atoms with Crippen LogP contribution < -0.4 is 5.32 Å². The van der Waals surface area contributed by atoms with Gasteiger partial charge < -0.3 is 10.1 Å². The van der Waals surface area contributed by atoms with E-state index in [9.17, 15) is 4.79 Å². The lowest BCUT2D eigenvalue weighted by atomic mass is 10.0. The fourth-order valence-corrected chi connectivity index (χ4v) is 1.86. The fraction of sp³-hybridized carbons (Fsp3) is 0.900. The van der Waals surface area contributed by atoms with Gasteiger partial charge in [0.2, 0.25) is 0 Å². The van der Waals surface area contributed by atoms with Gasteiger partial charge in [0.25, 0.3) is 0 Å². The SMILES string of the molecule is CNCC(C)N1C(=O)OCC1C(C)C. The maximum atomic E-state index is 11.5. The molecule has 2 unspecified atom stereocenters. The molecule has 1 N–H and O–H groups in total. The predicted molar refractivity (Wildman–Crippen MR) is 55.2 cm³/mol. The minimum atomic E-state index is -0.175. The molecular weight excluding hydrogens is 180 g/mol. The van der Waals surface area contributed by atoms with Gasteiger partial charge in [0, 0.05) is 12.6 Å². The van der Waals surface area contributed by atoms with Gasteiger partial charge >= 0.3 is 6.09 Å². The number of likely N-dealkylation sites (N-methyl/N-ethyl adjacent to an activating group) is 1. The second kappa shape index (κ2) is 4.64. The van der Waals surface area contributed by atoms with Crippen molar-refractivity contribution in [1.29, 1.82) is 0 Å². The van der Waals surface area contributed by atoms with Crippen molar-refractivity contribution in [2.45, 2.75) is 32.9 Å².